The SMILES string of the molecule is CO[C@]12O[C@H](C(=O)c3ccccc31)[C@]1(O)c3cc4ccccc4n3C(=O)O[C@H]21. The number of fused-ring (bicyclic) bond motifs is 11. The summed E-state index contributed by atoms with van der Waals surface area (Å²) in [6, 6.07) is 15.8. The van der Waals surface area contributed by atoms with Crippen LogP contribution in [0.3, 0.4) is 0 Å². The van der Waals surface area contributed by atoms with Crippen molar-refractivity contribution < 1.29 is 28.9 Å². The van der Waals surface area contributed by atoms with Gasteiger partial charge in [-0.15, -0.1) is 0 Å². The lowest BCUT2D eigenvalue weighted by atomic mass is 9.84. The van der Waals surface area contributed by atoms with Crippen molar-refractivity contribution in [2.75, 3.05) is 7.11 Å². The first-order valence-electron chi connectivity index (χ1n) is 8.93. The minimum Gasteiger partial charge on any atom is -0.436 e. The maximum Gasteiger partial charge on any atom is 0.419 e. The first-order chi connectivity index (χ1) is 13.5. The van der Waals surface area contributed by atoms with E-state index < -0.39 is 29.7 Å². The molecule has 7 heteroatoms. The minimum atomic E-state index is -1.89. The molecule has 6 rings (SSSR count). The molecule has 0 unspecified atom stereocenters. The van der Waals surface area contributed by atoms with Gasteiger partial charge in [-0.1, -0.05) is 42.5 Å². The normalized spacial score (nSPS) is 32.6. The van der Waals surface area contributed by atoms with E-state index in [2.05, 4.69) is 0 Å². The highest BCUT2D eigenvalue weighted by Gasteiger charge is 2.75. The van der Waals surface area contributed by atoms with Crippen LogP contribution in [0.2, 0.25) is 0 Å². The van der Waals surface area contributed by atoms with Gasteiger partial charge in [-0.25, -0.2) is 9.36 Å². The third-order valence-electron chi connectivity index (χ3n) is 6.07. The molecule has 1 N–H and O–H groups in total. The molecule has 2 aromatic carbocycles. The predicted octanol–water partition coefficient (Wildman–Crippen LogP) is 2.29. The summed E-state index contributed by atoms with van der Waals surface area (Å²) in [6.07, 6.45) is -3.14. The first-order valence-corrected chi connectivity index (χ1v) is 8.93. The molecule has 0 radical (unpaired) electrons. The van der Waals surface area contributed by atoms with Crippen molar-refractivity contribution in [3.63, 3.8) is 0 Å². The molecule has 2 bridgehead atoms. The number of rotatable bonds is 1. The summed E-state index contributed by atoms with van der Waals surface area (Å²) >= 11 is 0. The van der Waals surface area contributed by atoms with E-state index >= 15 is 0 Å². The van der Waals surface area contributed by atoms with Crippen LogP contribution in [0, 0.1) is 0 Å². The Morgan fingerprint density at radius 1 is 1.11 bits per heavy atom. The van der Waals surface area contributed by atoms with Crippen molar-refractivity contribution in [2.24, 2.45) is 0 Å². The van der Waals surface area contributed by atoms with Gasteiger partial charge < -0.3 is 19.3 Å². The molecule has 3 aromatic rings. The Balaban J connectivity index is 1.70. The zero-order chi connectivity index (χ0) is 19.3. The number of hydrogen-bond donors (Lipinski definition) is 1. The van der Waals surface area contributed by atoms with Gasteiger partial charge in [-0.3, -0.25) is 4.79 Å². The standard InChI is InChI=1S/C21H15NO6/c1-26-21-13-8-4-3-7-12(13)16(23)17(28-21)20(25)15-10-11-6-2-5-9-14(11)22(15)19(24)27-18(20)21/h2-10,17-18,25H,1H3/t17-,18+,20-,21+/m1/s1. The summed E-state index contributed by atoms with van der Waals surface area (Å²) < 4.78 is 18.7. The number of hydrogen-bond acceptors (Lipinski definition) is 6. The van der Waals surface area contributed by atoms with Gasteiger partial charge in [0.25, 0.3) is 0 Å². The molecule has 3 aliphatic heterocycles. The molecule has 0 spiro atoms. The Morgan fingerprint density at radius 2 is 1.86 bits per heavy atom. The molecule has 3 aliphatic rings. The van der Waals surface area contributed by atoms with E-state index in [0.717, 1.165) is 5.39 Å². The Kier molecular flexibility index (Phi) is 2.79. The molecule has 4 atom stereocenters. The van der Waals surface area contributed by atoms with Crippen molar-refractivity contribution in [2.45, 2.75) is 23.6 Å². The molecule has 1 saturated heterocycles. The predicted molar refractivity (Wildman–Crippen MR) is 95.8 cm³/mol. The molecule has 4 heterocycles. The maximum absolute atomic E-state index is 13.2. The smallest absolute Gasteiger partial charge is 0.419 e. The summed E-state index contributed by atoms with van der Waals surface area (Å²) in [4.78, 5) is 26.1. The molecular weight excluding hydrogens is 362 g/mol. The van der Waals surface area contributed by atoms with Gasteiger partial charge >= 0.3 is 6.09 Å². The summed E-state index contributed by atoms with van der Waals surface area (Å²) in [5, 5.41) is 12.6. The number of ether oxygens (including phenoxy) is 3. The molecule has 140 valence electrons. The van der Waals surface area contributed by atoms with Gasteiger partial charge in [0.05, 0.1) is 11.2 Å². The molecule has 7 nitrogen and oxygen atoms in total. The number of methoxy groups -OCH3 is 1. The van der Waals surface area contributed by atoms with Crippen molar-refractivity contribution in [3.8, 4) is 0 Å². The molecule has 28 heavy (non-hydrogen) atoms. The van der Waals surface area contributed by atoms with Crippen LogP contribution >= 0.6 is 0 Å². The number of aliphatic hydroxyl groups is 1. The van der Waals surface area contributed by atoms with Gasteiger partial charge in [-0.05, 0) is 12.1 Å². The van der Waals surface area contributed by atoms with E-state index in [9.17, 15) is 14.7 Å². The first kappa shape index (κ1) is 16.0. The minimum absolute atomic E-state index is 0.264. The van der Waals surface area contributed by atoms with Gasteiger partial charge in [0.2, 0.25) is 5.79 Å². The Morgan fingerprint density at radius 3 is 2.68 bits per heavy atom. The van der Waals surface area contributed by atoms with Crippen LogP contribution in [0.4, 0.5) is 4.79 Å². The second kappa shape index (κ2) is 4.88. The van der Waals surface area contributed by atoms with Gasteiger partial charge in [0, 0.05) is 23.6 Å². The number of carbonyl (C=O) groups is 2. The van der Waals surface area contributed by atoms with E-state index in [1.165, 1.54) is 11.7 Å². The fourth-order valence-electron chi connectivity index (χ4n) is 4.86. The molecule has 1 fully saturated rings. The zero-order valence-corrected chi connectivity index (χ0v) is 14.8. The summed E-state index contributed by atoms with van der Waals surface area (Å²) in [6.45, 7) is 0. The van der Waals surface area contributed by atoms with Crippen LogP contribution in [-0.4, -0.2) is 40.9 Å². The van der Waals surface area contributed by atoms with E-state index in [1.807, 2.05) is 12.1 Å². The van der Waals surface area contributed by atoms with Crippen LogP contribution in [0.5, 0.6) is 0 Å². The second-order valence-corrected chi connectivity index (χ2v) is 7.29. The number of carbonyl (C=O) groups excluding carboxylic acids is 2. The van der Waals surface area contributed by atoms with Crippen molar-refractivity contribution in [3.05, 3.63) is 71.4 Å². The highest BCUT2D eigenvalue weighted by atomic mass is 16.7. The fraction of sp³-hybridized carbons (Fsp3) is 0.238. The number of benzene rings is 2. The average molecular weight is 377 g/mol. The third kappa shape index (κ3) is 1.54. The Hall–Kier alpha value is -3.00. The summed E-state index contributed by atoms with van der Waals surface area (Å²) in [5.41, 5.74) is -0.203. The largest absolute Gasteiger partial charge is 0.436 e. The van der Waals surface area contributed by atoms with E-state index in [1.54, 1.807) is 42.5 Å². The van der Waals surface area contributed by atoms with Crippen molar-refractivity contribution in [1.82, 2.24) is 4.57 Å². The zero-order valence-electron chi connectivity index (χ0n) is 14.8. The number of para-hydroxylation sites is 1. The van der Waals surface area contributed by atoms with Crippen LogP contribution in [0.15, 0.2) is 54.6 Å². The third-order valence-corrected chi connectivity index (χ3v) is 6.07. The molecule has 1 aromatic heterocycles. The van der Waals surface area contributed by atoms with Crippen molar-refractivity contribution >= 4 is 22.8 Å². The monoisotopic (exact) mass is 377 g/mol. The topological polar surface area (TPSA) is 87.0 Å². The van der Waals surface area contributed by atoms with E-state index in [0.29, 0.717) is 16.6 Å². The summed E-state index contributed by atoms with van der Waals surface area (Å²) in [7, 11) is 1.41. The van der Waals surface area contributed by atoms with Gasteiger partial charge in [0.1, 0.15) is 0 Å². The average Bonchev–Trinajstić information content (AvgIpc) is 3.22. The summed E-state index contributed by atoms with van der Waals surface area (Å²) in [5.74, 6) is -1.94. The highest BCUT2D eigenvalue weighted by Crippen LogP contribution is 2.58. The van der Waals surface area contributed by atoms with Gasteiger partial charge in [0.15, 0.2) is 23.6 Å². The van der Waals surface area contributed by atoms with Gasteiger partial charge in [-0.2, -0.15) is 0 Å². The second-order valence-electron chi connectivity index (χ2n) is 7.29. The van der Waals surface area contributed by atoms with Crippen LogP contribution in [-0.2, 0) is 25.6 Å². The maximum atomic E-state index is 13.2. The number of aromatic nitrogens is 1. The number of Topliss-reactive ketones (excluding diaryl/α,β-unsaturated/α-hetero) is 1. The molecular formula is C21H15NO6. The Labute approximate surface area is 159 Å². The Bertz CT molecular complexity index is 1200. The van der Waals surface area contributed by atoms with Crippen LogP contribution in [0.1, 0.15) is 21.6 Å². The number of ketones is 1. The van der Waals surface area contributed by atoms with Crippen LogP contribution in [0.25, 0.3) is 10.9 Å². The fourth-order valence-corrected chi connectivity index (χ4v) is 4.86. The molecule has 0 amide bonds. The number of nitrogens with zero attached hydrogens (tertiary/aromatic N) is 1. The lowest BCUT2D eigenvalue weighted by Gasteiger charge is -2.39. The van der Waals surface area contributed by atoms with Crippen molar-refractivity contribution in [1.29, 1.82) is 0 Å². The highest BCUT2D eigenvalue weighted by molar-refractivity contribution is 6.04. The van der Waals surface area contributed by atoms with E-state index in [4.69, 9.17) is 14.2 Å². The van der Waals surface area contributed by atoms with Crippen LogP contribution < -0.4 is 0 Å². The molecule has 0 aliphatic carbocycles. The lowest BCUT2D eigenvalue weighted by molar-refractivity contribution is -0.255. The quantitative estimate of drug-likeness (QED) is 0.700. The van der Waals surface area contributed by atoms with E-state index in [-0.39, 0.29) is 11.5 Å². The lowest BCUT2D eigenvalue weighted by Crippen LogP contribution is -2.56. The molecule has 0 saturated carbocycles.